The van der Waals surface area contributed by atoms with Gasteiger partial charge in [0, 0.05) is 24.2 Å². The standard InChI is InChI=1S/C16H19NO4S/c1-11(18)8-9-15(20)17-14(12(2)19)10-22-16(21)13-6-4-3-5-7-13/h3-7,14H,8-10H2,1-2H3,(H,17,20). The van der Waals surface area contributed by atoms with Crippen molar-refractivity contribution in [1.29, 1.82) is 0 Å². The first-order chi connectivity index (χ1) is 10.4. The fourth-order valence-corrected chi connectivity index (χ4v) is 2.57. The Morgan fingerprint density at radius 1 is 1.05 bits per heavy atom. The Kier molecular flexibility index (Phi) is 7.52. The topological polar surface area (TPSA) is 80.3 Å². The summed E-state index contributed by atoms with van der Waals surface area (Å²) in [4.78, 5) is 46.0. The minimum absolute atomic E-state index is 0.0520. The van der Waals surface area contributed by atoms with Crippen LogP contribution >= 0.6 is 11.8 Å². The summed E-state index contributed by atoms with van der Waals surface area (Å²) < 4.78 is 0. The van der Waals surface area contributed by atoms with Gasteiger partial charge in [-0.05, 0) is 13.8 Å². The number of thioether (sulfide) groups is 1. The summed E-state index contributed by atoms with van der Waals surface area (Å²) in [7, 11) is 0. The largest absolute Gasteiger partial charge is 0.345 e. The molecule has 0 saturated carbocycles. The normalized spacial score (nSPS) is 11.5. The minimum Gasteiger partial charge on any atom is -0.345 e. The van der Waals surface area contributed by atoms with Crippen LogP contribution in [0.25, 0.3) is 0 Å². The Morgan fingerprint density at radius 3 is 2.23 bits per heavy atom. The highest BCUT2D eigenvalue weighted by Gasteiger charge is 2.19. The first-order valence-electron chi connectivity index (χ1n) is 6.91. The van der Waals surface area contributed by atoms with E-state index in [0.29, 0.717) is 5.56 Å². The van der Waals surface area contributed by atoms with Gasteiger partial charge in [-0.3, -0.25) is 14.4 Å². The Bertz CT molecular complexity index is 557. The molecule has 6 heteroatoms. The fourth-order valence-electron chi connectivity index (χ4n) is 1.63. The predicted molar refractivity (Wildman–Crippen MR) is 85.8 cm³/mol. The molecule has 0 aromatic heterocycles. The summed E-state index contributed by atoms with van der Waals surface area (Å²) in [5, 5.41) is 2.42. The molecule has 0 spiro atoms. The van der Waals surface area contributed by atoms with E-state index in [4.69, 9.17) is 0 Å². The number of Topliss-reactive ketones (excluding diaryl/α,β-unsaturated/α-hetero) is 2. The number of ketones is 2. The lowest BCUT2D eigenvalue weighted by atomic mass is 10.2. The average molecular weight is 321 g/mol. The van der Waals surface area contributed by atoms with E-state index in [9.17, 15) is 19.2 Å². The molecule has 1 unspecified atom stereocenters. The third-order valence-corrected chi connectivity index (χ3v) is 3.92. The van der Waals surface area contributed by atoms with E-state index < -0.39 is 6.04 Å². The maximum atomic E-state index is 12.0. The van der Waals surface area contributed by atoms with E-state index in [1.165, 1.54) is 13.8 Å². The zero-order chi connectivity index (χ0) is 16.5. The Labute approximate surface area is 133 Å². The number of carbonyl (C=O) groups is 4. The van der Waals surface area contributed by atoms with Crippen LogP contribution < -0.4 is 5.32 Å². The molecule has 5 nitrogen and oxygen atoms in total. The van der Waals surface area contributed by atoms with Crippen LogP contribution in [0.4, 0.5) is 0 Å². The molecule has 0 aliphatic heterocycles. The molecular weight excluding hydrogens is 302 g/mol. The van der Waals surface area contributed by atoms with Gasteiger partial charge >= 0.3 is 0 Å². The summed E-state index contributed by atoms with van der Waals surface area (Å²) in [5.41, 5.74) is 0.553. The van der Waals surface area contributed by atoms with Gasteiger partial charge in [0.2, 0.25) is 11.0 Å². The van der Waals surface area contributed by atoms with Gasteiger partial charge in [0.1, 0.15) is 5.78 Å². The Morgan fingerprint density at radius 2 is 1.68 bits per heavy atom. The average Bonchev–Trinajstić information content (AvgIpc) is 2.49. The lowest BCUT2D eigenvalue weighted by molar-refractivity contribution is -0.127. The highest BCUT2D eigenvalue weighted by Crippen LogP contribution is 2.13. The van der Waals surface area contributed by atoms with Gasteiger partial charge in [0.05, 0.1) is 6.04 Å². The van der Waals surface area contributed by atoms with E-state index in [-0.39, 0.29) is 41.2 Å². The van der Waals surface area contributed by atoms with E-state index >= 15 is 0 Å². The second-order valence-corrected chi connectivity index (χ2v) is 5.89. The van der Waals surface area contributed by atoms with Gasteiger partial charge in [0.15, 0.2) is 5.78 Å². The number of carbonyl (C=O) groups excluding carboxylic acids is 4. The SMILES string of the molecule is CC(=O)CCC(=O)NC(CSC(=O)c1ccccc1)C(C)=O. The molecule has 0 aliphatic rings. The molecule has 1 amide bonds. The summed E-state index contributed by atoms with van der Waals surface area (Å²) in [6, 6.07) is 8.01. The van der Waals surface area contributed by atoms with Crippen molar-refractivity contribution < 1.29 is 19.2 Å². The van der Waals surface area contributed by atoms with Gasteiger partial charge in [0.25, 0.3) is 0 Å². The van der Waals surface area contributed by atoms with Crippen LogP contribution in [0.3, 0.4) is 0 Å². The second kappa shape index (κ2) is 9.15. The third kappa shape index (κ3) is 6.67. The highest BCUT2D eigenvalue weighted by molar-refractivity contribution is 8.14. The highest BCUT2D eigenvalue weighted by atomic mass is 32.2. The van der Waals surface area contributed by atoms with Crippen molar-refractivity contribution in [3.63, 3.8) is 0 Å². The fraction of sp³-hybridized carbons (Fsp3) is 0.375. The van der Waals surface area contributed by atoms with Crippen molar-refractivity contribution in [2.45, 2.75) is 32.7 Å². The van der Waals surface area contributed by atoms with Crippen LogP contribution in [0, 0.1) is 0 Å². The minimum atomic E-state index is -0.725. The number of hydrogen-bond acceptors (Lipinski definition) is 5. The van der Waals surface area contributed by atoms with Gasteiger partial charge in [-0.25, -0.2) is 0 Å². The zero-order valence-corrected chi connectivity index (χ0v) is 13.4. The summed E-state index contributed by atoms with van der Waals surface area (Å²) in [5.74, 6) is -0.481. The van der Waals surface area contributed by atoms with Crippen molar-refractivity contribution in [3.05, 3.63) is 35.9 Å². The molecule has 118 valence electrons. The maximum Gasteiger partial charge on any atom is 0.221 e. The monoisotopic (exact) mass is 321 g/mol. The molecule has 0 heterocycles. The first-order valence-corrected chi connectivity index (χ1v) is 7.90. The van der Waals surface area contributed by atoms with Crippen LogP contribution in [0.2, 0.25) is 0 Å². The molecule has 0 bridgehead atoms. The predicted octanol–water partition coefficient (Wildman–Crippen LogP) is 2.00. The molecule has 1 N–H and O–H groups in total. The lowest BCUT2D eigenvalue weighted by Crippen LogP contribution is -2.41. The molecule has 1 rings (SSSR count). The van der Waals surface area contributed by atoms with Crippen molar-refractivity contribution in [2.75, 3.05) is 5.75 Å². The molecule has 0 aliphatic carbocycles. The van der Waals surface area contributed by atoms with Gasteiger partial charge in [-0.1, -0.05) is 42.1 Å². The molecular formula is C16H19NO4S. The van der Waals surface area contributed by atoms with E-state index in [2.05, 4.69) is 5.32 Å². The first kappa shape index (κ1) is 18.1. The molecule has 0 saturated heterocycles. The number of hydrogen-bond donors (Lipinski definition) is 1. The second-order valence-electron chi connectivity index (χ2n) is 4.90. The smallest absolute Gasteiger partial charge is 0.221 e. The summed E-state index contributed by atoms with van der Waals surface area (Å²) in [6.07, 6.45) is 0.197. The Balaban J connectivity index is 2.51. The molecule has 22 heavy (non-hydrogen) atoms. The number of amides is 1. The molecule has 1 aromatic carbocycles. The zero-order valence-electron chi connectivity index (χ0n) is 12.6. The van der Waals surface area contributed by atoms with E-state index in [1.54, 1.807) is 24.3 Å². The number of nitrogens with one attached hydrogen (secondary N) is 1. The van der Waals surface area contributed by atoms with Crippen LogP contribution in [-0.2, 0) is 14.4 Å². The van der Waals surface area contributed by atoms with Crippen LogP contribution in [0.15, 0.2) is 30.3 Å². The third-order valence-electron chi connectivity index (χ3n) is 2.92. The molecule has 0 fully saturated rings. The van der Waals surface area contributed by atoms with E-state index in [1.807, 2.05) is 6.07 Å². The number of benzene rings is 1. The van der Waals surface area contributed by atoms with Crippen molar-refractivity contribution >= 4 is 34.4 Å². The quantitative estimate of drug-likeness (QED) is 0.792. The van der Waals surface area contributed by atoms with Crippen molar-refractivity contribution in [1.82, 2.24) is 5.32 Å². The number of rotatable bonds is 8. The summed E-state index contributed by atoms with van der Waals surface area (Å²) >= 11 is 0.991. The van der Waals surface area contributed by atoms with Crippen molar-refractivity contribution in [3.8, 4) is 0 Å². The lowest BCUT2D eigenvalue weighted by Gasteiger charge is -2.15. The summed E-state index contributed by atoms with van der Waals surface area (Å²) in [6.45, 7) is 2.77. The van der Waals surface area contributed by atoms with Crippen LogP contribution in [0.1, 0.15) is 37.0 Å². The van der Waals surface area contributed by atoms with Gasteiger partial charge in [-0.15, -0.1) is 0 Å². The maximum absolute atomic E-state index is 12.0. The Hall–Kier alpha value is -1.95. The van der Waals surface area contributed by atoms with Gasteiger partial charge in [-0.2, -0.15) is 0 Å². The van der Waals surface area contributed by atoms with Gasteiger partial charge < -0.3 is 10.1 Å². The molecule has 1 aromatic rings. The molecule has 0 radical (unpaired) electrons. The molecule has 1 atom stereocenters. The van der Waals surface area contributed by atoms with Crippen LogP contribution in [0.5, 0.6) is 0 Å². The van der Waals surface area contributed by atoms with Crippen LogP contribution in [-0.4, -0.2) is 34.4 Å². The van der Waals surface area contributed by atoms with E-state index in [0.717, 1.165) is 11.8 Å². The van der Waals surface area contributed by atoms with Crippen molar-refractivity contribution in [2.24, 2.45) is 0 Å².